The predicted molar refractivity (Wildman–Crippen MR) is 123 cm³/mol. The lowest BCUT2D eigenvalue weighted by atomic mass is 10.1. The Balaban J connectivity index is 1.55. The zero-order valence-electron chi connectivity index (χ0n) is 18.2. The number of aryl methyl sites for hydroxylation is 1. The highest BCUT2D eigenvalue weighted by Crippen LogP contribution is 2.27. The predicted octanol–water partition coefficient (Wildman–Crippen LogP) is 3.68. The topological polar surface area (TPSA) is 94.8 Å². The summed E-state index contributed by atoms with van der Waals surface area (Å²) in [5.74, 6) is 1.88. The Kier molecular flexibility index (Phi) is 5.27. The molecule has 5 rings (SSSR count). The average molecular weight is 442 g/mol. The van der Waals surface area contributed by atoms with Crippen LogP contribution in [0, 0.1) is 6.92 Å². The van der Waals surface area contributed by atoms with Crippen molar-refractivity contribution in [2.75, 3.05) is 7.11 Å². The number of rotatable bonds is 6. The van der Waals surface area contributed by atoms with Crippen molar-refractivity contribution in [1.82, 2.24) is 19.2 Å². The molecule has 3 heterocycles. The van der Waals surface area contributed by atoms with Gasteiger partial charge in [0.05, 0.1) is 26.0 Å². The summed E-state index contributed by atoms with van der Waals surface area (Å²) in [6.07, 6.45) is 3.37. The van der Waals surface area contributed by atoms with Crippen LogP contribution in [0.2, 0.25) is 0 Å². The average Bonchev–Trinajstić information content (AvgIpc) is 3.42. The summed E-state index contributed by atoms with van der Waals surface area (Å²) in [6, 6.07) is 16.9. The molecule has 166 valence electrons. The number of methoxy groups -OCH3 is 1. The molecule has 8 nitrogen and oxygen atoms in total. The normalized spacial score (nSPS) is 11.2. The van der Waals surface area contributed by atoms with E-state index in [1.54, 1.807) is 24.1 Å². The van der Waals surface area contributed by atoms with Crippen molar-refractivity contribution in [3.8, 4) is 28.5 Å². The molecule has 0 amide bonds. The Morgan fingerprint density at radius 1 is 1.03 bits per heavy atom. The number of aliphatic hydroxyl groups excluding tert-OH is 1. The van der Waals surface area contributed by atoms with Crippen molar-refractivity contribution < 1.29 is 14.3 Å². The maximum atomic E-state index is 13.4. The Morgan fingerprint density at radius 3 is 2.48 bits per heavy atom. The summed E-state index contributed by atoms with van der Waals surface area (Å²) in [5, 5.41) is 14.6. The number of fused-ring (bicyclic) bond motifs is 1. The van der Waals surface area contributed by atoms with Crippen LogP contribution < -0.4 is 10.3 Å². The molecule has 0 saturated heterocycles. The molecular formula is C25H22N4O4. The highest BCUT2D eigenvalue weighted by molar-refractivity contribution is 5.72. The lowest BCUT2D eigenvalue weighted by molar-refractivity contribution is 0.283. The van der Waals surface area contributed by atoms with Gasteiger partial charge < -0.3 is 18.8 Å². The number of hydrogen-bond donors (Lipinski definition) is 1. The third-order valence-electron chi connectivity index (χ3n) is 5.61. The number of ether oxygens (including phenoxy) is 1. The first-order chi connectivity index (χ1) is 16.1. The largest absolute Gasteiger partial charge is 0.497 e. The Bertz CT molecular complexity index is 1480. The summed E-state index contributed by atoms with van der Waals surface area (Å²) in [6.45, 7) is 1.76. The van der Waals surface area contributed by atoms with Gasteiger partial charge in [-0.3, -0.25) is 4.79 Å². The summed E-state index contributed by atoms with van der Waals surface area (Å²) in [5.41, 5.74) is 3.42. The molecule has 1 N–H and O–H groups in total. The SMILES string of the molecule is COc1ccc(-c2nn3ccn(Cc4nc(-c5ccccc5)oc4C)c(=O)c3c2CO)cc1. The third-order valence-corrected chi connectivity index (χ3v) is 5.61. The molecule has 0 fully saturated rings. The second-order valence-corrected chi connectivity index (χ2v) is 7.63. The molecule has 0 spiro atoms. The van der Waals surface area contributed by atoms with E-state index in [9.17, 15) is 9.90 Å². The van der Waals surface area contributed by atoms with Crippen LogP contribution in [-0.4, -0.2) is 31.4 Å². The molecule has 0 unspecified atom stereocenters. The van der Waals surface area contributed by atoms with Crippen LogP contribution in [0.5, 0.6) is 5.75 Å². The number of aromatic nitrogens is 4. The molecule has 0 aliphatic carbocycles. The molecule has 2 aromatic carbocycles. The van der Waals surface area contributed by atoms with Crippen molar-refractivity contribution in [2.24, 2.45) is 0 Å². The van der Waals surface area contributed by atoms with Gasteiger partial charge in [0, 0.05) is 29.1 Å². The molecule has 33 heavy (non-hydrogen) atoms. The maximum absolute atomic E-state index is 13.4. The van der Waals surface area contributed by atoms with Crippen LogP contribution in [0.15, 0.2) is 76.2 Å². The molecule has 8 heteroatoms. The van der Waals surface area contributed by atoms with Gasteiger partial charge >= 0.3 is 0 Å². The van der Waals surface area contributed by atoms with E-state index in [0.717, 1.165) is 11.1 Å². The monoisotopic (exact) mass is 442 g/mol. The number of hydrogen-bond acceptors (Lipinski definition) is 6. The van der Waals surface area contributed by atoms with E-state index in [1.165, 1.54) is 4.52 Å². The van der Waals surface area contributed by atoms with E-state index in [1.807, 2.05) is 61.5 Å². The van der Waals surface area contributed by atoms with E-state index in [0.29, 0.717) is 39.9 Å². The first-order valence-corrected chi connectivity index (χ1v) is 10.5. The third kappa shape index (κ3) is 3.70. The van der Waals surface area contributed by atoms with Gasteiger partial charge in [-0.05, 0) is 43.3 Å². The smallest absolute Gasteiger partial charge is 0.277 e. The van der Waals surface area contributed by atoms with Crippen LogP contribution in [0.4, 0.5) is 0 Å². The lowest BCUT2D eigenvalue weighted by Gasteiger charge is -2.05. The summed E-state index contributed by atoms with van der Waals surface area (Å²) in [7, 11) is 1.60. The first-order valence-electron chi connectivity index (χ1n) is 10.5. The van der Waals surface area contributed by atoms with Crippen molar-refractivity contribution in [3.63, 3.8) is 0 Å². The fraction of sp³-hybridized carbons (Fsp3) is 0.160. The van der Waals surface area contributed by atoms with Crippen LogP contribution in [0.1, 0.15) is 17.0 Å². The zero-order valence-corrected chi connectivity index (χ0v) is 18.2. The van der Waals surface area contributed by atoms with Gasteiger partial charge in [0.1, 0.15) is 22.7 Å². The molecule has 3 aromatic heterocycles. The maximum Gasteiger partial charge on any atom is 0.277 e. The van der Waals surface area contributed by atoms with Crippen LogP contribution in [-0.2, 0) is 13.2 Å². The summed E-state index contributed by atoms with van der Waals surface area (Å²) < 4.78 is 14.1. The quantitative estimate of drug-likeness (QED) is 0.431. The van der Waals surface area contributed by atoms with Crippen LogP contribution in [0.25, 0.3) is 28.2 Å². The highest BCUT2D eigenvalue weighted by Gasteiger charge is 2.19. The number of benzene rings is 2. The van der Waals surface area contributed by atoms with Crippen LogP contribution in [0.3, 0.4) is 0 Å². The highest BCUT2D eigenvalue weighted by atomic mass is 16.5. The van der Waals surface area contributed by atoms with Gasteiger partial charge in [-0.1, -0.05) is 18.2 Å². The van der Waals surface area contributed by atoms with Crippen molar-refractivity contribution in [2.45, 2.75) is 20.1 Å². The second kappa shape index (κ2) is 8.40. The summed E-state index contributed by atoms with van der Waals surface area (Å²) >= 11 is 0. The Labute approximate surface area is 189 Å². The van der Waals surface area contributed by atoms with Gasteiger partial charge in [-0.2, -0.15) is 5.10 Å². The zero-order chi connectivity index (χ0) is 22.9. The lowest BCUT2D eigenvalue weighted by Crippen LogP contribution is -2.23. The second-order valence-electron chi connectivity index (χ2n) is 7.63. The van der Waals surface area contributed by atoms with Gasteiger partial charge in [0.2, 0.25) is 5.89 Å². The van der Waals surface area contributed by atoms with E-state index >= 15 is 0 Å². The van der Waals surface area contributed by atoms with Crippen LogP contribution >= 0.6 is 0 Å². The van der Waals surface area contributed by atoms with E-state index in [2.05, 4.69) is 10.1 Å². The van der Waals surface area contributed by atoms with E-state index < -0.39 is 0 Å². The van der Waals surface area contributed by atoms with Crippen molar-refractivity contribution in [1.29, 1.82) is 0 Å². The standard InChI is InChI=1S/C25H22N4O4/c1-16-21(26-24(33-16)18-6-4-3-5-7-18)14-28-12-13-29-23(25(28)31)20(15-30)22(27-29)17-8-10-19(32-2)11-9-17/h3-13,30H,14-15H2,1-2H3. The first kappa shape index (κ1) is 20.7. The molecule has 5 aromatic rings. The molecule has 0 aliphatic heterocycles. The minimum Gasteiger partial charge on any atom is -0.497 e. The molecule has 0 radical (unpaired) electrons. The number of oxazole rings is 1. The molecule has 0 bridgehead atoms. The van der Waals surface area contributed by atoms with Gasteiger partial charge in [0.15, 0.2) is 0 Å². The molecular weight excluding hydrogens is 420 g/mol. The Hall–Kier alpha value is -4.17. The van der Waals surface area contributed by atoms with Crippen molar-refractivity contribution in [3.05, 3.63) is 94.4 Å². The summed E-state index contributed by atoms with van der Waals surface area (Å²) in [4.78, 5) is 18.0. The molecule has 0 saturated carbocycles. The van der Waals surface area contributed by atoms with Crippen molar-refractivity contribution >= 4 is 5.52 Å². The molecule has 0 atom stereocenters. The van der Waals surface area contributed by atoms with Gasteiger partial charge in [-0.15, -0.1) is 0 Å². The Morgan fingerprint density at radius 2 is 1.79 bits per heavy atom. The molecule has 0 aliphatic rings. The fourth-order valence-electron chi connectivity index (χ4n) is 3.85. The fourth-order valence-corrected chi connectivity index (χ4v) is 3.85. The number of nitrogens with zero attached hydrogens (tertiary/aromatic N) is 4. The number of aliphatic hydroxyl groups is 1. The van der Waals surface area contributed by atoms with Gasteiger partial charge in [-0.25, -0.2) is 9.50 Å². The minimum absolute atomic E-state index is 0.241. The van der Waals surface area contributed by atoms with Gasteiger partial charge in [0.25, 0.3) is 5.56 Å². The minimum atomic E-state index is -0.314. The van der Waals surface area contributed by atoms with E-state index in [4.69, 9.17) is 9.15 Å². The van der Waals surface area contributed by atoms with E-state index in [-0.39, 0.29) is 18.7 Å².